The molecule has 1 aliphatic rings. The Morgan fingerprint density at radius 2 is 2.36 bits per heavy atom. The zero-order chi connectivity index (χ0) is 9.97. The van der Waals surface area contributed by atoms with Crippen molar-refractivity contribution in [2.24, 2.45) is 5.73 Å². The Kier molecular flexibility index (Phi) is 2.35. The molecule has 0 aliphatic heterocycles. The number of rotatable bonds is 3. The van der Waals surface area contributed by atoms with Gasteiger partial charge in [0.05, 0.1) is 5.56 Å². The second kappa shape index (κ2) is 3.65. The van der Waals surface area contributed by atoms with E-state index >= 15 is 0 Å². The third-order valence-corrected chi connectivity index (χ3v) is 2.52. The summed E-state index contributed by atoms with van der Waals surface area (Å²) in [4.78, 5) is 15.2. The number of anilines is 1. The molecule has 0 unspecified atom stereocenters. The summed E-state index contributed by atoms with van der Waals surface area (Å²) < 4.78 is 0. The minimum absolute atomic E-state index is 0.431. The number of primary amides is 1. The monoisotopic (exact) mass is 191 g/mol. The van der Waals surface area contributed by atoms with Gasteiger partial charge in [0.2, 0.25) is 0 Å². The van der Waals surface area contributed by atoms with Crippen LogP contribution in [0.15, 0.2) is 18.3 Å². The number of carbonyl (C=O) groups excluding carboxylic acids is 1. The molecule has 1 amide bonds. The molecule has 1 aliphatic carbocycles. The van der Waals surface area contributed by atoms with Gasteiger partial charge in [0.1, 0.15) is 5.82 Å². The van der Waals surface area contributed by atoms with Crippen LogP contribution in [-0.4, -0.2) is 16.9 Å². The first-order valence-electron chi connectivity index (χ1n) is 4.79. The molecule has 3 N–H and O–H groups in total. The number of carbonyl (C=O) groups is 1. The van der Waals surface area contributed by atoms with Gasteiger partial charge in [-0.3, -0.25) is 4.79 Å². The fourth-order valence-corrected chi connectivity index (χ4v) is 1.47. The molecule has 0 saturated heterocycles. The highest BCUT2D eigenvalue weighted by Crippen LogP contribution is 2.23. The van der Waals surface area contributed by atoms with Crippen molar-refractivity contribution in [2.75, 3.05) is 5.32 Å². The molecule has 14 heavy (non-hydrogen) atoms. The molecule has 4 nitrogen and oxygen atoms in total. The molecule has 1 heterocycles. The molecule has 0 radical (unpaired) electrons. The van der Waals surface area contributed by atoms with Crippen molar-refractivity contribution in [1.82, 2.24) is 4.98 Å². The first-order chi connectivity index (χ1) is 6.77. The summed E-state index contributed by atoms with van der Waals surface area (Å²) in [6.45, 7) is 0. The number of nitrogens with zero attached hydrogens (tertiary/aromatic N) is 1. The predicted molar refractivity (Wildman–Crippen MR) is 54.0 cm³/mol. The van der Waals surface area contributed by atoms with E-state index < -0.39 is 5.91 Å². The van der Waals surface area contributed by atoms with Crippen LogP contribution in [0, 0.1) is 0 Å². The van der Waals surface area contributed by atoms with Crippen LogP contribution in [0.1, 0.15) is 29.6 Å². The SMILES string of the molecule is NC(=O)c1cccnc1NC1CCC1. The van der Waals surface area contributed by atoms with Gasteiger partial charge in [-0.1, -0.05) is 0 Å². The number of amides is 1. The van der Waals surface area contributed by atoms with Crippen molar-refractivity contribution in [2.45, 2.75) is 25.3 Å². The summed E-state index contributed by atoms with van der Waals surface area (Å²) in [5.41, 5.74) is 5.70. The quantitative estimate of drug-likeness (QED) is 0.752. The van der Waals surface area contributed by atoms with Crippen molar-refractivity contribution in [3.63, 3.8) is 0 Å². The van der Waals surface area contributed by atoms with E-state index in [9.17, 15) is 4.79 Å². The smallest absolute Gasteiger partial charge is 0.252 e. The van der Waals surface area contributed by atoms with Gasteiger partial charge in [-0.15, -0.1) is 0 Å². The third-order valence-electron chi connectivity index (χ3n) is 2.52. The second-order valence-corrected chi connectivity index (χ2v) is 3.54. The maximum Gasteiger partial charge on any atom is 0.252 e. The van der Waals surface area contributed by atoms with Crippen LogP contribution in [0.4, 0.5) is 5.82 Å². The highest BCUT2D eigenvalue weighted by Gasteiger charge is 2.19. The fourth-order valence-electron chi connectivity index (χ4n) is 1.47. The Balaban J connectivity index is 2.17. The maximum atomic E-state index is 11.1. The van der Waals surface area contributed by atoms with Gasteiger partial charge in [-0.05, 0) is 31.4 Å². The van der Waals surface area contributed by atoms with Gasteiger partial charge >= 0.3 is 0 Å². The van der Waals surface area contributed by atoms with E-state index in [1.54, 1.807) is 18.3 Å². The van der Waals surface area contributed by atoms with E-state index in [2.05, 4.69) is 10.3 Å². The van der Waals surface area contributed by atoms with Crippen LogP contribution in [0.5, 0.6) is 0 Å². The molecule has 0 atom stereocenters. The van der Waals surface area contributed by atoms with Crippen LogP contribution in [0.25, 0.3) is 0 Å². The van der Waals surface area contributed by atoms with E-state index in [1.165, 1.54) is 6.42 Å². The Morgan fingerprint density at radius 3 is 2.93 bits per heavy atom. The van der Waals surface area contributed by atoms with Crippen LogP contribution in [0.3, 0.4) is 0 Å². The predicted octanol–water partition coefficient (Wildman–Crippen LogP) is 1.14. The summed E-state index contributed by atoms with van der Waals surface area (Å²) in [7, 11) is 0. The van der Waals surface area contributed by atoms with Crippen molar-refractivity contribution in [3.05, 3.63) is 23.9 Å². The number of pyridine rings is 1. The molecule has 0 spiro atoms. The molecule has 0 aromatic carbocycles. The van der Waals surface area contributed by atoms with E-state index in [-0.39, 0.29) is 0 Å². The van der Waals surface area contributed by atoms with Crippen molar-refractivity contribution < 1.29 is 4.79 Å². The first-order valence-corrected chi connectivity index (χ1v) is 4.79. The summed E-state index contributed by atoms with van der Waals surface area (Å²) in [5.74, 6) is 0.185. The minimum Gasteiger partial charge on any atom is -0.367 e. The summed E-state index contributed by atoms with van der Waals surface area (Å²) in [6.07, 6.45) is 5.20. The standard InChI is InChI=1S/C10H13N3O/c11-9(14)8-5-2-6-12-10(8)13-7-3-1-4-7/h2,5-7H,1,3-4H2,(H2,11,14)(H,12,13). The highest BCUT2D eigenvalue weighted by atomic mass is 16.1. The van der Waals surface area contributed by atoms with Gasteiger partial charge in [-0.2, -0.15) is 0 Å². The molecule has 4 heteroatoms. The summed E-state index contributed by atoms with van der Waals surface area (Å²) in [5, 5.41) is 3.22. The number of hydrogen-bond acceptors (Lipinski definition) is 3. The van der Waals surface area contributed by atoms with Crippen molar-refractivity contribution >= 4 is 11.7 Å². The highest BCUT2D eigenvalue weighted by molar-refractivity contribution is 5.97. The first kappa shape index (κ1) is 8.99. The average Bonchev–Trinajstić information content (AvgIpc) is 2.12. The lowest BCUT2D eigenvalue weighted by Crippen LogP contribution is -2.29. The lowest BCUT2D eigenvalue weighted by molar-refractivity contribution is 0.100. The van der Waals surface area contributed by atoms with Crippen molar-refractivity contribution in [3.8, 4) is 0 Å². The van der Waals surface area contributed by atoms with Crippen LogP contribution in [-0.2, 0) is 0 Å². The fraction of sp³-hybridized carbons (Fsp3) is 0.400. The van der Waals surface area contributed by atoms with Gasteiger partial charge in [0.25, 0.3) is 5.91 Å². The van der Waals surface area contributed by atoms with Crippen molar-refractivity contribution in [1.29, 1.82) is 0 Å². The maximum absolute atomic E-state index is 11.1. The topological polar surface area (TPSA) is 68.0 Å². The Bertz CT molecular complexity index is 347. The van der Waals surface area contributed by atoms with E-state index in [0.29, 0.717) is 17.4 Å². The number of nitrogens with one attached hydrogen (secondary N) is 1. The molecule has 1 aromatic heterocycles. The Hall–Kier alpha value is -1.58. The number of hydrogen-bond donors (Lipinski definition) is 2. The molecular formula is C10H13N3O. The molecule has 74 valence electrons. The van der Waals surface area contributed by atoms with Crippen LogP contribution in [0.2, 0.25) is 0 Å². The lowest BCUT2D eigenvalue weighted by Gasteiger charge is -2.27. The van der Waals surface area contributed by atoms with Crippen LogP contribution >= 0.6 is 0 Å². The largest absolute Gasteiger partial charge is 0.367 e. The van der Waals surface area contributed by atoms with E-state index in [4.69, 9.17) is 5.73 Å². The zero-order valence-electron chi connectivity index (χ0n) is 7.86. The molecule has 2 rings (SSSR count). The van der Waals surface area contributed by atoms with E-state index in [0.717, 1.165) is 12.8 Å². The lowest BCUT2D eigenvalue weighted by atomic mass is 9.93. The Morgan fingerprint density at radius 1 is 1.57 bits per heavy atom. The second-order valence-electron chi connectivity index (χ2n) is 3.54. The molecule has 0 bridgehead atoms. The molecule has 1 aromatic rings. The molecule has 1 fully saturated rings. The molecule has 1 saturated carbocycles. The summed E-state index contributed by atoms with van der Waals surface area (Å²) >= 11 is 0. The zero-order valence-corrected chi connectivity index (χ0v) is 7.86. The van der Waals surface area contributed by atoms with Gasteiger partial charge in [0, 0.05) is 12.2 Å². The Labute approximate surface area is 82.5 Å². The third kappa shape index (κ3) is 1.69. The minimum atomic E-state index is -0.431. The number of aromatic nitrogens is 1. The van der Waals surface area contributed by atoms with Crippen LogP contribution < -0.4 is 11.1 Å². The average molecular weight is 191 g/mol. The normalized spacial score (nSPS) is 16.0. The van der Waals surface area contributed by atoms with Gasteiger partial charge in [-0.25, -0.2) is 4.98 Å². The summed E-state index contributed by atoms with van der Waals surface area (Å²) in [6, 6.07) is 3.87. The van der Waals surface area contributed by atoms with E-state index in [1.807, 2.05) is 0 Å². The molecular weight excluding hydrogens is 178 g/mol. The van der Waals surface area contributed by atoms with Gasteiger partial charge in [0.15, 0.2) is 0 Å². The van der Waals surface area contributed by atoms with Gasteiger partial charge < -0.3 is 11.1 Å². The number of nitrogens with two attached hydrogens (primary N) is 1.